The number of H-pyrrole nitrogens is 1. The quantitative estimate of drug-likeness (QED) is 0.645. The van der Waals surface area contributed by atoms with Crippen molar-refractivity contribution in [2.45, 2.75) is 13.5 Å². The third kappa shape index (κ3) is 2.07. The molecule has 1 N–H and O–H groups in total. The van der Waals surface area contributed by atoms with Gasteiger partial charge < -0.3 is 4.98 Å². The Hall–Kier alpha value is -2.09. The molecule has 0 atom stereocenters. The van der Waals surface area contributed by atoms with Gasteiger partial charge in [0.2, 0.25) is 0 Å². The first-order valence-electron chi connectivity index (χ1n) is 5.83. The average molecular weight is 223 g/mol. The van der Waals surface area contributed by atoms with Crippen LogP contribution in [0.5, 0.6) is 0 Å². The van der Waals surface area contributed by atoms with Crippen molar-refractivity contribution < 1.29 is 4.57 Å². The fourth-order valence-corrected chi connectivity index (χ4v) is 2.12. The van der Waals surface area contributed by atoms with Crippen molar-refractivity contribution in [3.05, 3.63) is 66.1 Å². The van der Waals surface area contributed by atoms with Crippen LogP contribution < -0.4 is 4.57 Å². The summed E-state index contributed by atoms with van der Waals surface area (Å²) in [6, 6.07) is 14.9. The minimum Gasteiger partial charge on any atom is -0.353 e. The van der Waals surface area contributed by atoms with Crippen LogP contribution in [0.3, 0.4) is 0 Å². The summed E-state index contributed by atoms with van der Waals surface area (Å²) in [5.74, 6) is 0. The summed E-state index contributed by atoms with van der Waals surface area (Å²) in [6.45, 7) is 3.00. The Labute approximate surface area is 101 Å². The average Bonchev–Trinajstić information content (AvgIpc) is 2.71. The second kappa shape index (κ2) is 4.06. The molecule has 0 unspecified atom stereocenters. The third-order valence-electron chi connectivity index (χ3n) is 2.96. The summed E-state index contributed by atoms with van der Waals surface area (Å²) in [4.78, 5) is 3.46. The minimum atomic E-state index is 0.883. The van der Waals surface area contributed by atoms with Gasteiger partial charge in [-0.15, -0.1) is 0 Å². The van der Waals surface area contributed by atoms with Crippen LogP contribution in [0.4, 0.5) is 0 Å². The number of aromatic nitrogens is 2. The first kappa shape index (κ1) is 10.1. The molecule has 1 aromatic carbocycles. The highest BCUT2D eigenvalue weighted by Gasteiger charge is 2.05. The van der Waals surface area contributed by atoms with Crippen LogP contribution in [-0.2, 0) is 6.54 Å². The van der Waals surface area contributed by atoms with E-state index >= 15 is 0 Å². The predicted octanol–water partition coefficient (Wildman–Crippen LogP) is 2.81. The second-order valence-electron chi connectivity index (χ2n) is 4.43. The number of aromatic amines is 1. The molecule has 2 heteroatoms. The lowest BCUT2D eigenvalue weighted by molar-refractivity contribution is -0.688. The Kier molecular flexibility index (Phi) is 2.41. The molecule has 0 fully saturated rings. The van der Waals surface area contributed by atoms with Crippen LogP contribution in [0.25, 0.3) is 10.9 Å². The molecule has 84 valence electrons. The molecule has 3 rings (SSSR count). The molecule has 0 aliphatic heterocycles. The number of nitrogens with one attached hydrogen (secondary N) is 1. The van der Waals surface area contributed by atoms with Crippen LogP contribution in [0.1, 0.15) is 11.3 Å². The van der Waals surface area contributed by atoms with Gasteiger partial charge in [-0.2, -0.15) is 4.57 Å². The minimum absolute atomic E-state index is 0.883. The number of benzene rings is 1. The van der Waals surface area contributed by atoms with E-state index in [2.05, 4.69) is 53.1 Å². The Balaban J connectivity index is 1.96. The van der Waals surface area contributed by atoms with Crippen molar-refractivity contribution in [2.75, 3.05) is 0 Å². The highest BCUT2D eigenvalue weighted by Crippen LogP contribution is 2.16. The van der Waals surface area contributed by atoms with E-state index in [1.807, 2.05) is 18.2 Å². The van der Waals surface area contributed by atoms with Crippen LogP contribution >= 0.6 is 0 Å². The lowest BCUT2D eigenvalue weighted by atomic mass is 10.2. The van der Waals surface area contributed by atoms with E-state index in [-0.39, 0.29) is 0 Å². The monoisotopic (exact) mass is 223 g/mol. The van der Waals surface area contributed by atoms with Crippen molar-refractivity contribution in [3.63, 3.8) is 0 Å². The van der Waals surface area contributed by atoms with Crippen molar-refractivity contribution in [1.82, 2.24) is 4.98 Å². The molecule has 2 nitrogen and oxygen atoms in total. The van der Waals surface area contributed by atoms with Crippen molar-refractivity contribution in [1.29, 1.82) is 0 Å². The van der Waals surface area contributed by atoms with Crippen LogP contribution in [0.2, 0.25) is 0 Å². The normalized spacial score (nSPS) is 10.9. The fourth-order valence-electron chi connectivity index (χ4n) is 2.12. The maximum absolute atomic E-state index is 3.46. The zero-order valence-electron chi connectivity index (χ0n) is 9.85. The summed E-state index contributed by atoms with van der Waals surface area (Å²) in [7, 11) is 0. The third-order valence-corrected chi connectivity index (χ3v) is 2.96. The molecule has 2 aromatic heterocycles. The zero-order chi connectivity index (χ0) is 11.7. The Morgan fingerprint density at radius 3 is 2.71 bits per heavy atom. The maximum Gasteiger partial charge on any atom is 0.188 e. The van der Waals surface area contributed by atoms with Gasteiger partial charge in [-0.1, -0.05) is 18.2 Å². The maximum atomic E-state index is 3.46. The number of nitrogens with zero attached hydrogens (tertiary/aromatic N) is 1. The second-order valence-corrected chi connectivity index (χ2v) is 4.43. The number of aryl methyl sites for hydroxylation is 1. The van der Waals surface area contributed by atoms with Gasteiger partial charge in [0.1, 0.15) is 0 Å². The SMILES string of the molecule is Cc1ccc2cc(C[n+]3ccccc3)[nH]c2c1. The number of fused-ring (bicyclic) bond motifs is 1. The summed E-state index contributed by atoms with van der Waals surface area (Å²) in [6.07, 6.45) is 4.16. The molecule has 3 aromatic rings. The van der Waals surface area contributed by atoms with E-state index in [9.17, 15) is 0 Å². The van der Waals surface area contributed by atoms with E-state index in [4.69, 9.17) is 0 Å². The molecule has 17 heavy (non-hydrogen) atoms. The van der Waals surface area contributed by atoms with Crippen molar-refractivity contribution in [3.8, 4) is 0 Å². The molecule has 0 radical (unpaired) electrons. The van der Waals surface area contributed by atoms with Crippen LogP contribution in [0, 0.1) is 6.92 Å². The zero-order valence-corrected chi connectivity index (χ0v) is 9.85. The number of hydrogen-bond donors (Lipinski definition) is 1. The van der Waals surface area contributed by atoms with E-state index in [0.717, 1.165) is 6.54 Å². The van der Waals surface area contributed by atoms with Crippen molar-refractivity contribution >= 4 is 10.9 Å². The molecule has 0 saturated carbocycles. The highest BCUT2D eigenvalue weighted by molar-refractivity contribution is 5.80. The first-order chi connectivity index (χ1) is 8.31. The lowest BCUT2D eigenvalue weighted by Crippen LogP contribution is -2.32. The van der Waals surface area contributed by atoms with E-state index in [1.54, 1.807) is 0 Å². The predicted molar refractivity (Wildman–Crippen MR) is 68.8 cm³/mol. The molecule has 0 spiro atoms. The number of hydrogen-bond acceptors (Lipinski definition) is 0. The Morgan fingerprint density at radius 1 is 1.06 bits per heavy atom. The van der Waals surface area contributed by atoms with Gasteiger partial charge in [-0.25, -0.2) is 0 Å². The Bertz CT molecular complexity index is 638. The molecule has 0 saturated heterocycles. The summed E-state index contributed by atoms with van der Waals surface area (Å²) in [5, 5.41) is 1.28. The van der Waals surface area contributed by atoms with E-state index < -0.39 is 0 Å². The van der Waals surface area contributed by atoms with Crippen LogP contribution in [-0.4, -0.2) is 4.98 Å². The van der Waals surface area contributed by atoms with Gasteiger partial charge in [0.15, 0.2) is 18.9 Å². The van der Waals surface area contributed by atoms with Crippen molar-refractivity contribution in [2.24, 2.45) is 0 Å². The van der Waals surface area contributed by atoms with Gasteiger partial charge >= 0.3 is 0 Å². The standard InChI is InChI=1S/C15H15N2/c1-12-5-6-13-10-14(16-15(13)9-12)11-17-7-3-2-4-8-17/h2-10,16H,11H2,1H3/q+1. The first-order valence-corrected chi connectivity index (χ1v) is 5.83. The van der Waals surface area contributed by atoms with Gasteiger partial charge in [0.05, 0.1) is 5.69 Å². The number of pyridine rings is 1. The van der Waals surface area contributed by atoms with Gasteiger partial charge in [0, 0.05) is 17.6 Å². The molecular formula is C15H15N2+. The fraction of sp³-hybridized carbons (Fsp3) is 0.133. The topological polar surface area (TPSA) is 19.7 Å². The van der Waals surface area contributed by atoms with E-state index in [1.165, 1.54) is 22.2 Å². The summed E-state index contributed by atoms with van der Waals surface area (Å²) < 4.78 is 2.16. The summed E-state index contributed by atoms with van der Waals surface area (Å²) in [5.41, 5.74) is 3.75. The van der Waals surface area contributed by atoms with Gasteiger partial charge in [-0.3, -0.25) is 0 Å². The molecule has 0 bridgehead atoms. The largest absolute Gasteiger partial charge is 0.353 e. The molecule has 0 aliphatic carbocycles. The number of rotatable bonds is 2. The summed E-state index contributed by atoms with van der Waals surface area (Å²) >= 11 is 0. The molecule has 0 aliphatic rings. The van der Waals surface area contributed by atoms with Gasteiger partial charge in [-0.05, 0) is 30.0 Å². The van der Waals surface area contributed by atoms with Crippen LogP contribution in [0.15, 0.2) is 54.9 Å². The molecule has 0 amide bonds. The molecule has 2 heterocycles. The Morgan fingerprint density at radius 2 is 1.88 bits per heavy atom. The van der Waals surface area contributed by atoms with Gasteiger partial charge in [0.25, 0.3) is 0 Å². The lowest BCUT2D eigenvalue weighted by Gasteiger charge is -1.93. The van der Waals surface area contributed by atoms with E-state index in [0.29, 0.717) is 0 Å². The smallest absolute Gasteiger partial charge is 0.188 e. The highest BCUT2D eigenvalue weighted by atomic mass is 14.9. The molecular weight excluding hydrogens is 208 g/mol.